The largest absolute Gasteiger partial charge is 0.496 e. The normalized spacial score (nSPS) is 12.1. The van der Waals surface area contributed by atoms with Crippen LogP contribution in [0.5, 0.6) is 5.75 Å². The fourth-order valence-electron chi connectivity index (χ4n) is 2.26. The molecule has 0 saturated carbocycles. The summed E-state index contributed by atoms with van der Waals surface area (Å²) in [5, 5.41) is 3.29. The molecule has 1 aromatic carbocycles. The molecule has 1 aromatic heterocycles. The lowest BCUT2D eigenvalue weighted by Gasteiger charge is -2.20. The minimum Gasteiger partial charge on any atom is -0.496 e. The molecule has 0 spiro atoms. The van der Waals surface area contributed by atoms with Gasteiger partial charge in [0.25, 0.3) is 0 Å². The maximum Gasteiger partial charge on any atom is 0.132 e. The molecule has 106 valence electrons. The minimum absolute atomic E-state index is 0.214. The van der Waals surface area contributed by atoms with Gasteiger partial charge in [-0.15, -0.1) is 0 Å². The van der Waals surface area contributed by atoms with Crippen molar-refractivity contribution < 1.29 is 9.13 Å². The van der Waals surface area contributed by atoms with Crippen LogP contribution in [0.3, 0.4) is 0 Å². The van der Waals surface area contributed by atoms with Gasteiger partial charge < -0.3 is 10.1 Å². The summed E-state index contributed by atoms with van der Waals surface area (Å²) >= 11 is 0. The molecule has 3 nitrogen and oxygen atoms in total. The fourth-order valence-corrected chi connectivity index (χ4v) is 2.26. The Bertz CT molecular complexity index is 613. The predicted octanol–water partition coefficient (Wildman–Crippen LogP) is 4.02. The van der Waals surface area contributed by atoms with E-state index in [2.05, 4.69) is 10.3 Å². The van der Waals surface area contributed by atoms with E-state index in [1.807, 2.05) is 32.9 Å². The van der Waals surface area contributed by atoms with Crippen molar-refractivity contribution in [3.63, 3.8) is 0 Å². The molecule has 0 aliphatic carbocycles. The molecule has 1 heterocycles. The SMILES string of the molecule is COc1cccc(F)c1C(C)Nc1ccc(C)nc1C. The summed E-state index contributed by atoms with van der Waals surface area (Å²) < 4.78 is 19.3. The quantitative estimate of drug-likeness (QED) is 0.914. The molecule has 1 unspecified atom stereocenters. The van der Waals surface area contributed by atoms with Gasteiger partial charge in [0.05, 0.1) is 30.1 Å². The number of hydrogen-bond acceptors (Lipinski definition) is 3. The van der Waals surface area contributed by atoms with E-state index in [1.54, 1.807) is 19.2 Å². The van der Waals surface area contributed by atoms with Gasteiger partial charge in [0.2, 0.25) is 0 Å². The third kappa shape index (κ3) is 2.90. The number of nitrogens with zero attached hydrogens (tertiary/aromatic N) is 1. The lowest BCUT2D eigenvalue weighted by Crippen LogP contribution is -2.11. The van der Waals surface area contributed by atoms with E-state index in [9.17, 15) is 4.39 Å². The highest BCUT2D eigenvalue weighted by molar-refractivity contribution is 5.51. The molecular formula is C16H19FN2O. The van der Waals surface area contributed by atoms with Crippen LogP contribution < -0.4 is 10.1 Å². The molecule has 0 aliphatic heterocycles. The fraction of sp³-hybridized carbons (Fsp3) is 0.312. The summed E-state index contributed by atoms with van der Waals surface area (Å²) in [7, 11) is 1.55. The molecule has 0 bridgehead atoms. The standard InChI is InChI=1S/C16H19FN2O/c1-10-8-9-14(11(2)18-10)19-12(3)16-13(17)6-5-7-15(16)20-4/h5-9,12,19H,1-4H3. The van der Waals surface area contributed by atoms with Gasteiger partial charge in [-0.3, -0.25) is 4.98 Å². The number of rotatable bonds is 4. The zero-order chi connectivity index (χ0) is 14.7. The average Bonchev–Trinajstić information content (AvgIpc) is 2.41. The van der Waals surface area contributed by atoms with Gasteiger partial charge in [-0.25, -0.2) is 4.39 Å². The molecule has 1 atom stereocenters. The predicted molar refractivity (Wildman–Crippen MR) is 78.7 cm³/mol. The highest BCUT2D eigenvalue weighted by Crippen LogP contribution is 2.30. The van der Waals surface area contributed by atoms with Crippen LogP contribution in [0.15, 0.2) is 30.3 Å². The Morgan fingerprint density at radius 2 is 1.95 bits per heavy atom. The number of halogens is 1. The number of anilines is 1. The molecule has 0 fully saturated rings. The number of nitrogens with one attached hydrogen (secondary N) is 1. The number of aromatic nitrogens is 1. The van der Waals surface area contributed by atoms with Crippen LogP contribution in [0.4, 0.5) is 10.1 Å². The summed E-state index contributed by atoms with van der Waals surface area (Å²) in [6.45, 7) is 5.78. The molecule has 4 heteroatoms. The van der Waals surface area contributed by atoms with E-state index >= 15 is 0 Å². The summed E-state index contributed by atoms with van der Waals surface area (Å²) in [4.78, 5) is 4.40. The van der Waals surface area contributed by atoms with E-state index in [-0.39, 0.29) is 11.9 Å². The van der Waals surface area contributed by atoms with Crippen molar-refractivity contribution in [1.82, 2.24) is 4.98 Å². The Morgan fingerprint density at radius 1 is 1.20 bits per heavy atom. The second-order valence-electron chi connectivity index (χ2n) is 4.81. The molecule has 1 N–H and O–H groups in total. The summed E-state index contributed by atoms with van der Waals surface area (Å²) in [5.41, 5.74) is 3.28. The summed E-state index contributed by atoms with van der Waals surface area (Å²) in [5.74, 6) is 0.268. The second kappa shape index (κ2) is 5.90. The van der Waals surface area contributed by atoms with Gasteiger partial charge in [0.1, 0.15) is 11.6 Å². The lowest BCUT2D eigenvalue weighted by atomic mass is 10.1. The molecule has 0 saturated heterocycles. The first-order chi connectivity index (χ1) is 9.52. The maximum atomic E-state index is 14.0. The highest BCUT2D eigenvalue weighted by Gasteiger charge is 2.17. The molecule has 0 amide bonds. The van der Waals surface area contributed by atoms with E-state index in [0.717, 1.165) is 17.1 Å². The van der Waals surface area contributed by atoms with Crippen LogP contribution in [-0.2, 0) is 0 Å². The van der Waals surface area contributed by atoms with Crippen molar-refractivity contribution in [1.29, 1.82) is 0 Å². The Morgan fingerprint density at radius 3 is 2.60 bits per heavy atom. The van der Waals surface area contributed by atoms with E-state index in [0.29, 0.717) is 11.3 Å². The molecule has 2 aromatic rings. The maximum absolute atomic E-state index is 14.0. The minimum atomic E-state index is -0.276. The first kappa shape index (κ1) is 14.3. The van der Waals surface area contributed by atoms with Gasteiger partial charge >= 0.3 is 0 Å². The molecule has 20 heavy (non-hydrogen) atoms. The van der Waals surface area contributed by atoms with Crippen LogP contribution in [0.25, 0.3) is 0 Å². The van der Waals surface area contributed by atoms with Gasteiger partial charge in [-0.1, -0.05) is 6.07 Å². The lowest BCUT2D eigenvalue weighted by molar-refractivity contribution is 0.402. The van der Waals surface area contributed by atoms with Crippen LogP contribution in [0.1, 0.15) is 29.9 Å². The second-order valence-corrected chi connectivity index (χ2v) is 4.81. The third-order valence-electron chi connectivity index (χ3n) is 3.26. The van der Waals surface area contributed by atoms with E-state index < -0.39 is 0 Å². The van der Waals surface area contributed by atoms with E-state index in [1.165, 1.54) is 6.07 Å². The number of aryl methyl sites for hydroxylation is 2. The topological polar surface area (TPSA) is 34.1 Å². The van der Waals surface area contributed by atoms with Gasteiger partial charge in [0, 0.05) is 5.69 Å². The van der Waals surface area contributed by atoms with Crippen LogP contribution in [0, 0.1) is 19.7 Å². The summed E-state index contributed by atoms with van der Waals surface area (Å²) in [6.07, 6.45) is 0. The van der Waals surface area contributed by atoms with E-state index in [4.69, 9.17) is 4.74 Å². The zero-order valence-corrected chi connectivity index (χ0v) is 12.2. The van der Waals surface area contributed by atoms with Crippen LogP contribution >= 0.6 is 0 Å². The third-order valence-corrected chi connectivity index (χ3v) is 3.26. The first-order valence-corrected chi connectivity index (χ1v) is 6.56. The molecular weight excluding hydrogens is 255 g/mol. The Hall–Kier alpha value is -2.10. The molecule has 0 aliphatic rings. The van der Waals surface area contributed by atoms with Gasteiger partial charge in [0.15, 0.2) is 0 Å². The number of hydrogen-bond donors (Lipinski definition) is 1. The smallest absolute Gasteiger partial charge is 0.132 e. The Kier molecular flexibility index (Phi) is 4.23. The number of pyridine rings is 1. The van der Waals surface area contributed by atoms with Crippen molar-refractivity contribution >= 4 is 5.69 Å². The average molecular weight is 274 g/mol. The van der Waals surface area contributed by atoms with Crippen molar-refractivity contribution in [2.24, 2.45) is 0 Å². The Balaban J connectivity index is 2.30. The number of ether oxygens (including phenoxy) is 1. The van der Waals surface area contributed by atoms with Crippen molar-refractivity contribution in [2.45, 2.75) is 26.8 Å². The highest BCUT2D eigenvalue weighted by atomic mass is 19.1. The van der Waals surface area contributed by atoms with Crippen molar-refractivity contribution in [3.05, 3.63) is 53.1 Å². The number of benzene rings is 1. The zero-order valence-electron chi connectivity index (χ0n) is 12.2. The Labute approximate surface area is 118 Å². The monoisotopic (exact) mass is 274 g/mol. The van der Waals surface area contributed by atoms with Gasteiger partial charge in [-0.2, -0.15) is 0 Å². The van der Waals surface area contributed by atoms with Gasteiger partial charge in [-0.05, 0) is 45.0 Å². The summed E-state index contributed by atoms with van der Waals surface area (Å²) in [6, 6.07) is 8.52. The number of methoxy groups -OCH3 is 1. The molecule has 2 rings (SSSR count). The van der Waals surface area contributed by atoms with Crippen molar-refractivity contribution in [3.8, 4) is 5.75 Å². The van der Waals surface area contributed by atoms with Crippen LogP contribution in [-0.4, -0.2) is 12.1 Å². The van der Waals surface area contributed by atoms with Crippen molar-refractivity contribution in [2.75, 3.05) is 12.4 Å². The first-order valence-electron chi connectivity index (χ1n) is 6.56. The van der Waals surface area contributed by atoms with Crippen LogP contribution in [0.2, 0.25) is 0 Å². The molecule has 0 radical (unpaired) electrons.